The van der Waals surface area contributed by atoms with Crippen molar-refractivity contribution < 1.29 is 4.74 Å². The van der Waals surface area contributed by atoms with E-state index in [0.29, 0.717) is 17.9 Å². The van der Waals surface area contributed by atoms with Gasteiger partial charge in [0.1, 0.15) is 0 Å². The van der Waals surface area contributed by atoms with Crippen LogP contribution >= 0.6 is 0 Å². The fourth-order valence-electron chi connectivity index (χ4n) is 1.56. The summed E-state index contributed by atoms with van der Waals surface area (Å²) in [5.74, 6) is 0. The molecule has 1 N–H and O–H groups in total. The molecule has 0 aromatic carbocycles. The maximum atomic E-state index is 11.6. The molecule has 0 radical (unpaired) electrons. The van der Waals surface area contributed by atoms with Crippen molar-refractivity contribution >= 4 is 5.65 Å². The summed E-state index contributed by atoms with van der Waals surface area (Å²) < 4.78 is 6.40. The number of rotatable bonds is 3. The van der Waals surface area contributed by atoms with E-state index in [1.165, 1.54) is 10.6 Å². The van der Waals surface area contributed by atoms with E-state index in [4.69, 9.17) is 4.74 Å². The van der Waals surface area contributed by atoms with Gasteiger partial charge in [0.25, 0.3) is 5.56 Å². The van der Waals surface area contributed by atoms with Crippen molar-refractivity contribution in [2.45, 2.75) is 20.0 Å². The number of methoxy groups -OCH3 is 1. The monoisotopic (exact) mass is 207 g/mol. The lowest BCUT2D eigenvalue weighted by atomic mass is 10.2. The lowest BCUT2D eigenvalue weighted by Crippen LogP contribution is -2.16. The summed E-state index contributed by atoms with van der Waals surface area (Å²) in [5.41, 5.74) is 2.28. The van der Waals surface area contributed by atoms with Crippen molar-refractivity contribution in [2.24, 2.45) is 0 Å². The van der Waals surface area contributed by atoms with E-state index in [2.05, 4.69) is 10.1 Å². The van der Waals surface area contributed by atoms with Gasteiger partial charge in [0.05, 0.1) is 12.3 Å². The van der Waals surface area contributed by atoms with Crippen molar-refractivity contribution in [2.75, 3.05) is 7.11 Å². The Bertz CT molecular complexity index is 527. The van der Waals surface area contributed by atoms with Crippen molar-refractivity contribution in [3.8, 4) is 0 Å². The Kier molecular flexibility index (Phi) is 2.55. The van der Waals surface area contributed by atoms with Crippen LogP contribution in [-0.2, 0) is 17.8 Å². The number of fused-ring (bicyclic) bond motifs is 1. The number of nitrogens with zero attached hydrogens (tertiary/aromatic N) is 2. The fraction of sp³-hybridized carbons (Fsp3) is 0.400. The van der Waals surface area contributed by atoms with Crippen molar-refractivity contribution in [3.63, 3.8) is 0 Å². The van der Waals surface area contributed by atoms with E-state index in [-0.39, 0.29) is 5.56 Å². The quantitative estimate of drug-likeness (QED) is 0.807. The molecule has 0 saturated carbocycles. The zero-order valence-electron chi connectivity index (χ0n) is 8.78. The maximum absolute atomic E-state index is 11.6. The summed E-state index contributed by atoms with van der Waals surface area (Å²) in [6.07, 6.45) is 2.65. The molecule has 0 amide bonds. The van der Waals surface area contributed by atoms with Crippen LogP contribution in [0.4, 0.5) is 0 Å². The molecule has 0 bridgehead atoms. The van der Waals surface area contributed by atoms with Crippen LogP contribution in [-0.4, -0.2) is 21.7 Å². The Balaban J connectivity index is 2.66. The predicted molar refractivity (Wildman–Crippen MR) is 55.9 cm³/mol. The topological polar surface area (TPSA) is 59.4 Å². The van der Waals surface area contributed by atoms with Crippen LogP contribution in [0.3, 0.4) is 0 Å². The second kappa shape index (κ2) is 3.86. The molecule has 0 aliphatic heterocycles. The number of aromatic nitrogens is 3. The summed E-state index contributed by atoms with van der Waals surface area (Å²) in [6, 6.07) is 1.48. The molecule has 0 atom stereocenters. The summed E-state index contributed by atoms with van der Waals surface area (Å²) in [6.45, 7) is 2.39. The maximum Gasteiger partial charge on any atom is 0.272 e. The van der Waals surface area contributed by atoms with Crippen LogP contribution in [0.2, 0.25) is 0 Å². The van der Waals surface area contributed by atoms with Gasteiger partial charge in [-0.25, -0.2) is 9.50 Å². The lowest BCUT2D eigenvalue weighted by molar-refractivity contribution is 0.181. The minimum atomic E-state index is -0.105. The molecule has 2 rings (SSSR count). The minimum Gasteiger partial charge on any atom is -0.378 e. The van der Waals surface area contributed by atoms with Gasteiger partial charge in [-0.3, -0.25) is 9.89 Å². The van der Waals surface area contributed by atoms with Gasteiger partial charge in [-0.15, -0.1) is 0 Å². The van der Waals surface area contributed by atoms with Crippen LogP contribution in [0, 0.1) is 0 Å². The highest BCUT2D eigenvalue weighted by Crippen LogP contribution is 2.07. The van der Waals surface area contributed by atoms with Crippen molar-refractivity contribution in [1.29, 1.82) is 0 Å². The van der Waals surface area contributed by atoms with Gasteiger partial charge < -0.3 is 4.74 Å². The molecule has 0 unspecified atom stereocenters. The lowest BCUT2D eigenvalue weighted by Gasteiger charge is -2.00. The first-order valence-corrected chi connectivity index (χ1v) is 4.84. The molecule has 2 heterocycles. The van der Waals surface area contributed by atoms with E-state index in [1.54, 1.807) is 13.3 Å². The standard InChI is InChI=1S/C10H13N3O2/c1-3-7-5-11-13-9(14)4-8(6-15-2)12-10(7)13/h4-5,11H,3,6H2,1-2H3. The van der Waals surface area contributed by atoms with Crippen molar-refractivity contribution in [3.05, 3.63) is 33.9 Å². The molecule has 2 aromatic rings. The Morgan fingerprint density at radius 1 is 1.60 bits per heavy atom. The molecule has 0 fully saturated rings. The van der Waals surface area contributed by atoms with Crippen LogP contribution in [0.25, 0.3) is 5.65 Å². The number of hydrogen-bond donors (Lipinski definition) is 1. The SMILES string of the molecule is CCc1c[nH]n2c(=O)cc(COC)nc12. The molecule has 0 aliphatic carbocycles. The number of aryl methyl sites for hydroxylation is 1. The molecular formula is C10H13N3O2. The van der Waals surface area contributed by atoms with Crippen molar-refractivity contribution in [1.82, 2.24) is 14.6 Å². The Hall–Kier alpha value is -1.62. The molecule has 0 saturated heterocycles. The molecule has 5 nitrogen and oxygen atoms in total. The van der Waals surface area contributed by atoms with Gasteiger partial charge in [-0.1, -0.05) is 6.92 Å². The fourth-order valence-corrected chi connectivity index (χ4v) is 1.56. The molecular weight excluding hydrogens is 194 g/mol. The summed E-state index contributed by atoms with van der Waals surface area (Å²) in [7, 11) is 1.58. The second-order valence-electron chi connectivity index (χ2n) is 3.33. The van der Waals surface area contributed by atoms with E-state index >= 15 is 0 Å². The van der Waals surface area contributed by atoms with Crippen LogP contribution in [0.5, 0.6) is 0 Å². The van der Waals surface area contributed by atoms with E-state index in [9.17, 15) is 4.79 Å². The van der Waals surface area contributed by atoms with Crippen LogP contribution < -0.4 is 5.56 Å². The van der Waals surface area contributed by atoms with Gasteiger partial charge in [-0.05, 0) is 6.42 Å². The van der Waals surface area contributed by atoms with E-state index in [1.807, 2.05) is 6.92 Å². The largest absolute Gasteiger partial charge is 0.378 e. The zero-order chi connectivity index (χ0) is 10.8. The van der Waals surface area contributed by atoms with Gasteiger partial charge in [0.15, 0.2) is 5.65 Å². The first-order chi connectivity index (χ1) is 7.26. The summed E-state index contributed by atoms with van der Waals surface area (Å²) >= 11 is 0. The first-order valence-electron chi connectivity index (χ1n) is 4.84. The number of aromatic amines is 1. The van der Waals surface area contributed by atoms with Crippen LogP contribution in [0.15, 0.2) is 17.1 Å². The van der Waals surface area contributed by atoms with E-state index < -0.39 is 0 Å². The number of nitrogens with one attached hydrogen (secondary N) is 1. The highest BCUT2D eigenvalue weighted by molar-refractivity contribution is 5.46. The Labute approximate surface area is 86.7 Å². The normalized spacial score (nSPS) is 11.1. The molecule has 0 aliphatic rings. The molecule has 80 valence electrons. The number of hydrogen-bond acceptors (Lipinski definition) is 3. The average molecular weight is 207 g/mol. The van der Waals surface area contributed by atoms with E-state index in [0.717, 1.165) is 12.0 Å². The predicted octanol–water partition coefficient (Wildman–Crippen LogP) is 0.731. The summed E-state index contributed by atoms with van der Waals surface area (Å²) in [5, 5.41) is 2.88. The smallest absolute Gasteiger partial charge is 0.272 e. The Morgan fingerprint density at radius 3 is 3.07 bits per heavy atom. The highest BCUT2D eigenvalue weighted by atomic mass is 16.5. The zero-order valence-corrected chi connectivity index (χ0v) is 8.78. The minimum absolute atomic E-state index is 0.105. The third-order valence-corrected chi connectivity index (χ3v) is 2.30. The molecule has 2 aromatic heterocycles. The highest BCUT2D eigenvalue weighted by Gasteiger charge is 2.07. The molecule has 0 spiro atoms. The van der Waals surface area contributed by atoms with Gasteiger partial charge in [0, 0.05) is 24.9 Å². The molecule has 5 heteroatoms. The van der Waals surface area contributed by atoms with Gasteiger partial charge >= 0.3 is 0 Å². The third kappa shape index (κ3) is 1.66. The molecule has 15 heavy (non-hydrogen) atoms. The number of ether oxygens (including phenoxy) is 1. The third-order valence-electron chi connectivity index (χ3n) is 2.30. The number of H-pyrrole nitrogens is 1. The van der Waals surface area contributed by atoms with Gasteiger partial charge in [-0.2, -0.15) is 0 Å². The average Bonchev–Trinajstić information content (AvgIpc) is 2.61. The second-order valence-corrected chi connectivity index (χ2v) is 3.33. The van der Waals surface area contributed by atoms with Crippen LogP contribution in [0.1, 0.15) is 18.2 Å². The summed E-state index contributed by atoms with van der Waals surface area (Å²) in [4.78, 5) is 16.0. The Morgan fingerprint density at radius 2 is 2.40 bits per heavy atom. The van der Waals surface area contributed by atoms with Gasteiger partial charge in [0.2, 0.25) is 0 Å². The first kappa shape index (κ1) is 9.92.